The van der Waals surface area contributed by atoms with E-state index in [4.69, 9.17) is 0 Å². The number of halogens is 1. The Morgan fingerprint density at radius 1 is 1.29 bits per heavy atom. The number of aromatic nitrogens is 2. The highest BCUT2D eigenvalue weighted by Gasteiger charge is 2.14. The highest BCUT2D eigenvalue weighted by Crippen LogP contribution is 2.19. The van der Waals surface area contributed by atoms with Crippen LogP contribution < -0.4 is 5.32 Å². The molecule has 1 aromatic rings. The van der Waals surface area contributed by atoms with Crippen molar-refractivity contribution >= 4 is 21.7 Å². The largest absolute Gasteiger partial charge is 0.394 e. The SMILES string of the molecule is CC(C)c1nc(Br)cc(NC(CO)C(C)C)n1. The van der Waals surface area contributed by atoms with Crippen LogP contribution in [-0.2, 0) is 0 Å². The second-order valence-electron chi connectivity index (χ2n) is 4.77. The number of aliphatic hydroxyl groups excluding tert-OH is 1. The van der Waals surface area contributed by atoms with Gasteiger partial charge in [0.25, 0.3) is 0 Å². The number of hydrogen-bond donors (Lipinski definition) is 2. The van der Waals surface area contributed by atoms with Crippen LogP contribution >= 0.6 is 15.9 Å². The van der Waals surface area contributed by atoms with Crippen molar-refractivity contribution in [2.75, 3.05) is 11.9 Å². The molecule has 1 heterocycles. The summed E-state index contributed by atoms with van der Waals surface area (Å²) in [6, 6.07) is 1.84. The lowest BCUT2D eigenvalue weighted by Crippen LogP contribution is -2.30. The molecule has 1 atom stereocenters. The summed E-state index contributed by atoms with van der Waals surface area (Å²) < 4.78 is 0.763. The zero-order valence-corrected chi connectivity index (χ0v) is 12.3. The van der Waals surface area contributed by atoms with E-state index >= 15 is 0 Å². The predicted octanol–water partition coefficient (Wildman–Crippen LogP) is 2.79. The van der Waals surface area contributed by atoms with Gasteiger partial charge in [-0.1, -0.05) is 27.7 Å². The van der Waals surface area contributed by atoms with Gasteiger partial charge in [0, 0.05) is 12.0 Å². The Balaban J connectivity index is 2.90. The molecule has 0 aliphatic carbocycles. The lowest BCUT2D eigenvalue weighted by atomic mass is 10.1. The van der Waals surface area contributed by atoms with Crippen molar-refractivity contribution in [3.8, 4) is 0 Å². The van der Waals surface area contributed by atoms with Crippen LogP contribution in [0.4, 0.5) is 5.82 Å². The molecular formula is C12H20BrN3O. The van der Waals surface area contributed by atoms with Crippen molar-refractivity contribution in [3.63, 3.8) is 0 Å². The van der Waals surface area contributed by atoms with E-state index in [2.05, 4.69) is 58.9 Å². The second-order valence-corrected chi connectivity index (χ2v) is 5.58. The Labute approximate surface area is 111 Å². The van der Waals surface area contributed by atoms with E-state index < -0.39 is 0 Å². The lowest BCUT2D eigenvalue weighted by Gasteiger charge is -2.21. The van der Waals surface area contributed by atoms with Crippen molar-refractivity contribution in [1.29, 1.82) is 0 Å². The number of rotatable bonds is 5. The smallest absolute Gasteiger partial charge is 0.134 e. The van der Waals surface area contributed by atoms with E-state index in [0.29, 0.717) is 5.92 Å². The molecule has 0 saturated carbocycles. The fourth-order valence-electron chi connectivity index (χ4n) is 1.38. The summed E-state index contributed by atoms with van der Waals surface area (Å²) in [6.45, 7) is 8.33. The van der Waals surface area contributed by atoms with Gasteiger partial charge < -0.3 is 10.4 Å². The average Bonchev–Trinajstić information content (AvgIpc) is 2.24. The summed E-state index contributed by atoms with van der Waals surface area (Å²) in [4.78, 5) is 8.75. The molecule has 0 saturated heterocycles. The summed E-state index contributed by atoms with van der Waals surface area (Å²) in [5.41, 5.74) is 0. The third kappa shape index (κ3) is 4.24. The van der Waals surface area contributed by atoms with Crippen LogP contribution in [-0.4, -0.2) is 27.7 Å². The standard InChI is InChI=1S/C12H20BrN3O/c1-7(2)9(6-17)14-11-5-10(13)15-12(16-11)8(3)4/h5,7-9,17H,6H2,1-4H3,(H,14,15,16). The molecule has 2 N–H and O–H groups in total. The highest BCUT2D eigenvalue weighted by molar-refractivity contribution is 9.10. The molecule has 5 heteroatoms. The van der Waals surface area contributed by atoms with Gasteiger partial charge in [-0.25, -0.2) is 9.97 Å². The average molecular weight is 302 g/mol. The summed E-state index contributed by atoms with van der Waals surface area (Å²) >= 11 is 3.38. The Morgan fingerprint density at radius 3 is 2.41 bits per heavy atom. The summed E-state index contributed by atoms with van der Waals surface area (Å²) in [7, 11) is 0. The zero-order valence-electron chi connectivity index (χ0n) is 10.7. The molecule has 0 aliphatic heterocycles. The van der Waals surface area contributed by atoms with Gasteiger partial charge in [-0.05, 0) is 21.8 Å². The molecule has 0 fully saturated rings. The van der Waals surface area contributed by atoms with Crippen molar-refractivity contribution in [2.45, 2.75) is 39.7 Å². The molecule has 96 valence electrons. The van der Waals surface area contributed by atoms with Gasteiger partial charge in [0.1, 0.15) is 16.2 Å². The Hall–Kier alpha value is -0.680. The van der Waals surface area contributed by atoms with E-state index in [1.807, 2.05) is 6.07 Å². The third-order valence-electron chi connectivity index (χ3n) is 2.56. The predicted molar refractivity (Wildman–Crippen MR) is 73.2 cm³/mol. The molecule has 0 radical (unpaired) electrons. The van der Waals surface area contributed by atoms with Gasteiger partial charge >= 0.3 is 0 Å². The summed E-state index contributed by atoms with van der Waals surface area (Å²) in [5, 5.41) is 12.5. The fourth-order valence-corrected chi connectivity index (χ4v) is 1.78. The van der Waals surface area contributed by atoms with Crippen LogP contribution in [0.1, 0.15) is 39.4 Å². The fraction of sp³-hybridized carbons (Fsp3) is 0.667. The zero-order chi connectivity index (χ0) is 13.0. The van der Waals surface area contributed by atoms with Crippen LogP contribution in [0.25, 0.3) is 0 Å². The van der Waals surface area contributed by atoms with Crippen LogP contribution in [0.15, 0.2) is 10.7 Å². The molecule has 0 amide bonds. The van der Waals surface area contributed by atoms with Gasteiger partial charge in [0.05, 0.1) is 12.6 Å². The van der Waals surface area contributed by atoms with Gasteiger partial charge in [0.2, 0.25) is 0 Å². The number of nitrogens with zero attached hydrogens (tertiary/aromatic N) is 2. The van der Waals surface area contributed by atoms with E-state index in [0.717, 1.165) is 16.2 Å². The normalized spacial score (nSPS) is 13.2. The van der Waals surface area contributed by atoms with Crippen molar-refractivity contribution < 1.29 is 5.11 Å². The van der Waals surface area contributed by atoms with E-state index in [1.54, 1.807) is 0 Å². The monoisotopic (exact) mass is 301 g/mol. The van der Waals surface area contributed by atoms with E-state index in [-0.39, 0.29) is 18.6 Å². The van der Waals surface area contributed by atoms with Gasteiger partial charge in [-0.15, -0.1) is 0 Å². The minimum absolute atomic E-state index is 0.0109. The molecule has 0 aliphatic rings. The molecule has 0 aromatic carbocycles. The molecule has 4 nitrogen and oxygen atoms in total. The quantitative estimate of drug-likeness (QED) is 0.821. The first-order chi connectivity index (χ1) is 7.93. The topological polar surface area (TPSA) is 58.0 Å². The maximum absolute atomic E-state index is 9.29. The van der Waals surface area contributed by atoms with Crippen molar-refractivity contribution in [2.24, 2.45) is 5.92 Å². The lowest BCUT2D eigenvalue weighted by molar-refractivity contribution is 0.249. The first kappa shape index (κ1) is 14.4. The molecule has 1 unspecified atom stereocenters. The Morgan fingerprint density at radius 2 is 1.94 bits per heavy atom. The highest BCUT2D eigenvalue weighted by atomic mass is 79.9. The number of aliphatic hydroxyl groups is 1. The Bertz CT molecular complexity index is 369. The maximum Gasteiger partial charge on any atom is 0.134 e. The first-order valence-corrected chi connectivity index (χ1v) is 6.65. The molecule has 0 spiro atoms. The van der Waals surface area contributed by atoms with Crippen LogP contribution in [0.5, 0.6) is 0 Å². The maximum atomic E-state index is 9.29. The number of hydrogen-bond acceptors (Lipinski definition) is 4. The molecular weight excluding hydrogens is 282 g/mol. The van der Waals surface area contributed by atoms with E-state index in [1.165, 1.54) is 0 Å². The van der Waals surface area contributed by atoms with Crippen molar-refractivity contribution in [3.05, 3.63) is 16.5 Å². The van der Waals surface area contributed by atoms with Gasteiger partial charge in [-0.3, -0.25) is 0 Å². The molecule has 1 aromatic heterocycles. The summed E-state index contributed by atoms with van der Waals surface area (Å²) in [6.07, 6.45) is 0. The minimum atomic E-state index is 0.0109. The molecule has 1 rings (SSSR count). The van der Waals surface area contributed by atoms with Crippen LogP contribution in [0, 0.1) is 5.92 Å². The minimum Gasteiger partial charge on any atom is -0.394 e. The van der Waals surface area contributed by atoms with Gasteiger partial charge in [-0.2, -0.15) is 0 Å². The van der Waals surface area contributed by atoms with Crippen LogP contribution in [0.3, 0.4) is 0 Å². The van der Waals surface area contributed by atoms with Gasteiger partial charge in [0.15, 0.2) is 0 Å². The second kappa shape index (κ2) is 6.31. The number of nitrogens with one attached hydrogen (secondary N) is 1. The molecule has 0 bridgehead atoms. The molecule has 17 heavy (non-hydrogen) atoms. The van der Waals surface area contributed by atoms with Crippen LogP contribution in [0.2, 0.25) is 0 Å². The number of anilines is 1. The van der Waals surface area contributed by atoms with E-state index in [9.17, 15) is 5.11 Å². The summed E-state index contributed by atoms with van der Waals surface area (Å²) in [5.74, 6) is 2.17. The van der Waals surface area contributed by atoms with Crippen molar-refractivity contribution in [1.82, 2.24) is 9.97 Å². The third-order valence-corrected chi connectivity index (χ3v) is 2.97. The first-order valence-electron chi connectivity index (χ1n) is 5.86. The Kier molecular flexibility index (Phi) is 5.33.